The molecule has 0 radical (unpaired) electrons. The van der Waals surface area contributed by atoms with Crippen LogP contribution in [-0.2, 0) is 16.0 Å². The topological polar surface area (TPSA) is 107 Å². The van der Waals surface area contributed by atoms with Crippen molar-refractivity contribution in [2.75, 3.05) is 0 Å². The zero-order valence-electron chi connectivity index (χ0n) is 10.0. The summed E-state index contributed by atoms with van der Waals surface area (Å²) in [5, 5.41) is 19.0. The van der Waals surface area contributed by atoms with Crippen molar-refractivity contribution < 1.29 is 24.4 Å². The molecule has 0 unspecified atom stereocenters. The molecule has 0 aromatic heterocycles. The minimum atomic E-state index is -1.27. The summed E-state index contributed by atoms with van der Waals surface area (Å²) in [7, 11) is 0. The highest BCUT2D eigenvalue weighted by molar-refractivity contribution is 5.91. The molecule has 0 fully saturated rings. The van der Waals surface area contributed by atoms with Gasteiger partial charge in [-0.25, -0.2) is 9.59 Å². The highest BCUT2D eigenvalue weighted by Gasteiger charge is 2.12. The molecule has 1 aromatic carbocycles. The molecule has 0 saturated heterocycles. The van der Waals surface area contributed by atoms with Gasteiger partial charge < -0.3 is 9.84 Å². The quantitative estimate of drug-likeness (QED) is 0.285. The number of carboxylic acid groups (broad SMARTS) is 1. The molecular formula is C12H11NO6. The Labute approximate surface area is 108 Å². The maximum atomic E-state index is 11.3. The van der Waals surface area contributed by atoms with E-state index in [4.69, 9.17) is 9.84 Å². The Morgan fingerprint density at radius 3 is 2.63 bits per heavy atom. The normalized spacial score (nSPS) is 10.4. The van der Waals surface area contributed by atoms with E-state index >= 15 is 0 Å². The zero-order valence-corrected chi connectivity index (χ0v) is 10.0. The Hall–Kier alpha value is -2.70. The third kappa shape index (κ3) is 4.23. The SMILES string of the molecule is CCc1cc([N+](=O)[O-])ccc1OC(=O)C=CC(=O)O. The van der Waals surface area contributed by atoms with E-state index in [2.05, 4.69) is 0 Å². The van der Waals surface area contributed by atoms with E-state index in [1.807, 2.05) is 0 Å². The molecule has 0 aliphatic rings. The molecule has 0 atom stereocenters. The van der Waals surface area contributed by atoms with Gasteiger partial charge in [0.1, 0.15) is 5.75 Å². The van der Waals surface area contributed by atoms with Gasteiger partial charge in [0, 0.05) is 29.8 Å². The largest absolute Gasteiger partial charge is 0.478 e. The number of rotatable bonds is 5. The Morgan fingerprint density at radius 2 is 2.11 bits per heavy atom. The first-order valence-electron chi connectivity index (χ1n) is 5.34. The van der Waals surface area contributed by atoms with Crippen molar-refractivity contribution in [2.45, 2.75) is 13.3 Å². The van der Waals surface area contributed by atoms with Crippen LogP contribution >= 0.6 is 0 Å². The molecule has 0 aliphatic heterocycles. The van der Waals surface area contributed by atoms with E-state index in [9.17, 15) is 19.7 Å². The highest BCUT2D eigenvalue weighted by atomic mass is 16.6. The summed E-state index contributed by atoms with van der Waals surface area (Å²) >= 11 is 0. The van der Waals surface area contributed by atoms with Gasteiger partial charge in [-0.2, -0.15) is 0 Å². The number of hydrogen-bond donors (Lipinski definition) is 1. The van der Waals surface area contributed by atoms with E-state index < -0.39 is 16.9 Å². The predicted octanol–water partition coefficient (Wildman–Crippen LogP) is 1.70. The van der Waals surface area contributed by atoms with Crippen LogP contribution in [0, 0.1) is 10.1 Å². The van der Waals surface area contributed by atoms with Crippen molar-refractivity contribution >= 4 is 17.6 Å². The Balaban J connectivity index is 2.92. The summed E-state index contributed by atoms with van der Waals surface area (Å²) < 4.78 is 4.91. The van der Waals surface area contributed by atoms with Crippen molar-refractivity contribution in [3.8, 4) is 5.75 Å². The number of nitrogens with zero attached hydrogens (tertiary/aromatic N) is 1. The number of carbonyl (C=O) groups is 2. The third-order valence-electron chi connectivity index (χ3n) is 2.21. The van der Waals surface area contributed by atoms with Gasteiger partial charge in [-0.15, -0.1) is 0 Å². The van der Waals surface area contributed by atoms with Crippen molar-refractivity contribution in [3.05, 3.63) is 46.0 Å². The molecule has 1 aromatic rings. The maximum absolute atomic E-state index is 11.3. The Kier molecular flexibility index (Phi) is 4.76. The fraction of sp³-hybridized carbons (Fsp3) is 0.167. The zero-order chi connectivity index (χ0) is 14.4. The van der Waals surface area contributed by atoms with Crippen molar-refractivity contribution in [1.29, 1.82) is 0 Å². The molecule has 100 valence electrons. The lowest BCUT2D eigenvalue weighted by atomic mass is 10.1. The first kappa shape index (κ1) is 14.4. The number of esters is 1. The number of ether oxygens (including phenoxy) is 1. The molecule has 0 spiro atoms. The maximum Gasteiger partial charge on any atom is 0.336 e. The number of aliphatic carboxylic acids is 1. The smallest absolute Gasteiger partial charge is 0.336 e. The minimum absolute atomic E-state index is 0.0993. The van der Waals surface area contributed by atoms with Gasteiger partial charge in [0.2, 0.25) is 0 Å². The lowest BCUT2D eigenvalue weighted by molar-refractivity contribution is -0.384. The van der Waals surface area contributed by atoms with Crippen LogP contribution in [0.4, 0.5) is 5.69 Å². The van der Waals surface area contributed by atoms with Gasteiger partial charge >= 0.3 is 11.9 Å². The summed E-state index contributed by atoms with van der Waals surface area (Å²) in [5.41, 5.74) is 0.393. The number of carboxylic acids is 1. The average molecular weight is 265 g/mol. The molecule has 1 N–H and O–H groups in total. The molecule has 0 bridgehead atoms. The lowest BCUT2D eigenvalue weighted by Gasteiger charge is -2.06. The lowest BCUT2D eigenvalue weighted by Crippen LogP contribution is -2.07. The molecule has 1 rings (SSSR count). The Morgan fingerprint density at radius 1 is 1.42 bits per heavy atom. The van der Waals surface area contributed by atoms with Crippen molar-refractivity contribution in [3.63, 3.8) is 0 Å². The van der Waals surface area contributed by atoms with Gasteiger partial charge in [-0.05, 0) is 12.5 Å². The molecule has 0 saturated carbocycles. The Bertz CT molecular complexity index is 549. The van der Waals surface area contributed by atoms with E-state index in [-0.39, 0.29) is 11.4 Å². The molecule has 0 amide bonds. The molecule has 7 nitrogen and oxygen atoms in total. The second-order valence-corrected chi connectivity index (χ2v) is 3.50. The van der Waals surface area contributed by atoms with Gasteiger partial charge in [0.15, 0.2) is 0 Å². The molecule has 7 heteroatoms. The molecule has 0 aliphatic carbocycles. The first-order chi connectivity index (χ1) is 8.93. The number of hydrogen-bond acceptors (Lipinski definition) is 5. The fourth-order valence-electron chi connectivity index (χ4n) is 1.34. The van der Waals surface area contributed by atoms with Crippen LogP contribution in [0.3, 0.4) is 0 Å². The third-order valence-corrected chi connectivity index (χ3v) is 2.21. The first-order valence-corrected chi connectivity index (χ1v) is 5.34. The summed E-state index contributed by atoms with van der Waals surface area (Å²) in [6, 6.07) is 3.83. The van der Waals surface area contributed by atoms with E-state index in [1.165, 1.54) is 18.2 Å². The predicted molar refractivity (Wildman–Crippen MR) is 64.9 cm³/mol. The number of benzene rings is 1. The van der Waals surface area contributed by atoms with E-state index in [0.717, 1.165) is 6.08 Å². The highest BCUT2D eigenvalue weighted by Crippen LogP contribution is 2.24. The summed E-state index contributed by atoms with van der Waals surface area (Å²) in [4.78, 5) is 31.6. The molecular weight excluding hydrogens is 254 g/mol. The van der Waals surface area contributed by atoms with Gasteiger partial charge in [0.25, 0.3) is 5.69 Å². The van der Waals surface area contributed by atoms with Crippen LogP contribution in [0.2, 0.25) is 0 Å². The van der Waals surface area contributed by atoms with Gasteiger partial charge in [-0.3, -0.25) is 10.1 Å². The van der Waals surface area contributed by atoms with Crippen LogP contribution in [-0.4, -0.2) is 22.0 Å². The molecule has 0 heterocycles. The summed E-state index contributed by atoms with van der Waals surface area (Å²) in [5.74, 6) is -1.95. The van der Waals surface area contributed by atoms with Gasteiger partial charge in [0.05, 0.1) is 4.92 Å². The number of non-ortho nitro benzene ring substituents is 1. The number of carbonyl (C=O) groups excluding carboxylic acids is 1. The number of nitro groups is 1. The molecule has 19 heavy (non-hydrogen) atoms. The van der Waals surface area contributed by atoms with Gasteiger partial charge in [-0.1, -0.05) is 6.92 Å². The van der Waals surface area contributed by atoms with Crippen molar-refractivity contribution in [1.82, 2.24) is 0 Å². The van der Waals surface area contributed by atoms with E-state index in [1.54, 1.807) is 6.92 Å². The van der Waals surface area contributed by atoms with Crippen LogP contribution in [0.5, 0.6) is 5.75 Å². The average Bonchev–Trinajstić information content (AvgIpc) is 2.36. The fourth-order valence-corrected chi connectivity index (χ4v) is 1.34. The summed E-state index contributed by atoms with van der Waals surface area (Å²) in [6.45, 7) is 1.75. The van der Waals surface area contributed by atoms with Crippen LogP contribution in [0.1, 0.15) is 12.5 Å². The second-order valence-electron chi connectivity index (χ2n) is 3.50. The minimum Gasteiger partial charge on any atom is -0.478 e. The monoisotopic (exact) mass is 265 g/mol. The van der Waals surface area contributed by atoms with E-state index in [0.29, 0.717) is 18.1 Å². The van der Waals surface area contributed by atoms with Crippen LogP contribution in [0.25, 0.3) is 0 Å². The summed E-state index contributed by atoms with van der Waals surface area (Å²) in [6.07, 6.45) is 1.86. The standard InChI is InChI=1S/C12H11NO6/c1-2-8-7-9(13(17)18)3-4-10(8)19-12(16)6-5-11(14)15/h3-7H,2H2,1H3,(H,14,15). The number of nitro benzene ring substituents is 1. The van der Waals surface area contributed by atoms with Crippen LogP contribution in [0.15, 0.2) is 30.4 Å². The second kappa shape index (κ2) is 6.29. The number of aryl methyl sites for hydroxylation is 1. The van der Waals surface area contributed by atoms with Crippen LogP contribution < -0.4 is 4.74 Å². The van der Waals surface area contributed by atoms with Crippen molar-refractivity contribution in [2.24, 2.45) is 0 Å².